The van der Waals surface area contributed by atoms with E-state index < -0.39 is 0 Å². The van der Waals surface area contributed by atoms with Gasteiger partial charge in [0, 0.05) is 39.5 Å². The van der Waals surface area contributed by atoms with Crippen molar-refractivity contribution in [2.45, 2.75) is 206 Å². The van der Waals surface area contributed by atoms with Crippen LogP contribution in [0.1, 0.15) is 206 Å². The van der Waals surface area contributed by atoms with Gasteiger partial charge in [0.25, 0.3) is 0 Å². The topological polar surface area (TPSA) is 21.7 Å². The van der Waals surface area contributed by atoms with Crippen molar-refractivity contribution in [1.82, 2.24) is 4.90 Å². The summed E-state index contributed by atoms with van der Waals surface area (Å²) in [6.07, 6.45) is 42.0. The number of ether oxygens (including phenoxy) is 2. The second kappa shape index (κ2) is 38.9. The highest BCUT2D eigenvalue weighted by Crippen LogP contribution is 2.14. The van der Waals surface area contributed by atoms with E-state index in [1.807, 2.05) is 0 Å². The molecule has 0 radical (unpaired) electrons. The second-order valence-electron chi connectivity index (χ2n) is 13.4. The molecular formula is C39H81NO2. The largest absolute Gasteiger partial charge is 0.381 e. The fourth-order valence-corrected chi connectivity index (χ4v) is 5.99. The average molecular weight is 596 g/mol. The zero-order valence-corrected chi connectivity index (χ0v) is 29.7. The molecular weight excluding hydrogens is 514 g/mol. The highest BCUT2D eigenvalue weighted by molar-refractivity contribution is 4.54. The molecule has 3 heteroatoms. The Kier molecular flexibility index (Phi) is 38.8. The maximum absolute atomic E-state index is 5.88. The lowest BCUT2D eigenvalue weighted by Crippen LogP contribution is -2.23. The molecule has 0 saturated carbocycles. The van der Waals surface area contributed by atoms with Crippen LogP contribution in [-0.2, 0) is 9.47 Å². The molecule has 0 N–H and O–H groups in total. The van der Waals surface area contributed by atoms with Crippen molar-refractivity contribution in [3.05, 3.63) is 0 Å². The predicted molar refractivity (Wildman–Crippen MR) is 189 cm³/mol. The average Bonchev–Trinajstić information content (AvgIpc) is 3.00. The molecule has 0 saturated heterocycles. The molecule has 0 spiro atoms. The second-order valence-corrected chi connectivity index (χ2v) is 13.4. The fraction of sp³-hybridized carbons (Fsp3) is 1.00. The molecule has 0 amide bonds. The molecule has 0 aromatic heterocycles. The first-order valence-corrected chi connectivity index (χ1v) is 19.6. The third kappa shape index (κ3) is 37.9. The van der Waals surface area contributed by atoms with Crippen LogP contribution in [0.25, 0.3) is 0 Å². The van der Waals surface area contributed by atoms with Gasteiger partial charge in [-0.25, -0.2) is 0 Å². The van der Waals surface area contributed by atoms with Gasteiger partial charge in [0.1, 0.15) is 0 Å². The molecule has 0 aliphatic carbocycles. The molecule has 0 bridgehead atoms. The van der Waals surface area contributed by atoms with Gasteiger partial charge in [0.15, 0.2) is 0 Å². The molecule has 0 rings (SSSR count). The lowest BCUT2D eigenvalue weighted by atomic mass is 10.0. The fourth-order valence-electron chi connectivity index (χ4n) is 5.99. The van der Waals surface area contributed by atoms with Crippen molar-refractivity contribution in [2.75, 3.05) is 46.6 Å². The molecule has 0 heterocycles. The van der Waals surface area contributed by atoms with Crippen LogP contribution >= 0.6 is 0 Å². The van der Waals surface area contributed by atoms with Gasteiger partial charge in [-0.05, 0) is 32.7 Å². The van der Waals surface area contributed by atoms with E-state index in [4.69, 9.17) is 9.47 Å². The predicted octanol–water partition coefficient (Wildman–Crippen LogP) is 12.7. The normalized spacial score (nSPS) is 11.7. The van der Waals surface area contributed by atoms with Crippen molar-refractivity contribution < 1.29 is 9.47 Å². The Labute approximate surface area is 267 Å². The van der Waals surface area contributed by atoms with Gasteiger partial charge in [-0.15, -0.1) is 0 Å². The van der Waals surface area contributed by atoms with Crippen molar-refractivity contribution >= 4 is 0 Å². The first kappa shape index (κ1) is 41.9. The minimum absolute atomic E-state index is 0.915. The first-order valence-electron chi connectivity index (χ1n) is 19.6. The maximum atomic E-state index is 5.88. The molecule has 254 valence electrons. The van der Waals surface area contributed by atoms with Crippen LogP contribution in [0.4, 0.5) is 0 Å². The molecule has 0 aliphatic heterocycles. The van der Waals surface area contributed by atoms with Crippen LogP contribution in [0, 0.1) is 0 Å². The van der Waals surface area contributed by atoms with E-state index in [9.17, 15) is 0 Å². The Morgan fingerprint density at radius 3 is 0.762 bits per heavy atom. The maximum Gasteiger partial charge on any atom is 0.0478 e. The number of hydrogen-bond acceptors (Lipinski definition) is 3. The summed E-state index contributed by atoms with van der Waals surface area (Å²) >= 11 is 0. The van der Waals surface area contributed by atoms with Crippen LogP contribution < -0.4 is 0 Å². The third-order valence-corrected chi connectivity index (χ3v) is 8.94. The third-order valence-electron chi connectivity index (χ3n) is 8.94. The summed E-state index contributed by atoms with van der Waals surface area (Å²) < 4.78 is 11.8. The first-order chi connectivity index (χ1) is 20.8. The molecule has 0 aromatic carbocycles. The lowest BCUT2D eigenvalue weighted by molar-refractivity contribution is 0.109. The van der Waals surface area contributed by atoms with Gasteiger partial charge in [-0.3, -0.25) is 0 Å². The summed E-state index contributed by atoms with van der Waals surface area (Å²) in [6, 6.07) is 0. The molecule has 0 atom stereocenters. The Morgan fingerprint density at radius 2 is 0.500 bits per heavy atom. The van der Waals surface area contributed by atoms with Crippen molar-refractivity contribution in [3.63, 3.8) is 0 Å². The summed E-state index contributed by atoms with van der Waals surface area (Å²) in [4.78, 5) is 2.44. The number of rotatable bonds is 38. The standard InChI is InChI=1S/C39H81NO2/c1-4-6-8-10-12-14-16-18-20-22-24-26-28-30-36-41-38-32-34-40(3)35-33-39-42-37-31-29-27-25-23-21-19-17-15-13-11-9-7-5-2/h4-39H2,1-3H3. The molecule has 3 nitrogen and oxygen atoms in total. The SMILES string of the molecule is CCCCCCCCCCCCCCCCOCCCN(C)CCCOCCCCCCCCCCCCCCCC. The Hall–Kier alpha value is -0.120. The Morgan fingerprint density at radius 1 is 0.286 bits per heavy atom. The smallest absolute Gasteiger partial charge is 0.0478 e. The molecule has 42 heavy (non-hydrogen) atoms. The molecule has 0 aliphatic rings. The number of nitrogens with zero attached hydrogens (tertiary/aromatic N) is 1. The zero-order valence-electron chi connectivity index (χ0n) is 29.7. The van der Waals surface area contributed by atoms with Crippen LogP contribution in [0.2, 0.25) is 0 Å². The van der Waals surface area contributed by atoms with E-state index in [0.29, 0.717) is 0 Å². The highest BCUT2D eigenvalue weighted by Gasteiger charge is 2.00. The summed E-state index contributed by atoms with van der Waals surface area (Å²) in [7, 11) is 2.24. The quantitative estimate of drug-likeness (QED) is 0.0663. The zero-order chi connectivity index (χ0) is 30.4. The summed E-state index contributed by atoms with van der Waals surface area (Å²) in [5.74, 6) is 0. The van der Waals surface area contributed by atoms with Gasteiger partial charge in [0.2, 0.25) is 0 Å². The van der Waals surface area contributed by atoms with Crippen molar-refractivity contribution in [1.29, 1.82) is 0 Å². The van der Waals surface area contributed by atoms with Crippen LogP contribution in [0.3, 0.4) is 0 Å². The monoisotopic (exact) mass is 596 g/mol. The van der Waals surface area contributed by atoms with Crippen molar-refractivity contribution in [3.8, 4) is 0 Å². The minimum atomic E-state index is 0.915. The Balaban J connectivity index is 3.13. The highest BCUT2D eigenvalue weighted by atomic mass is 16.5. The van der Waals surface area contributed by atoms with E-state index in [2.05, 4.69) is 25.8 Å². The van der Waals surface area contributed by atoms with Gasteiger partial charge < -0.3 is 14.4 Å². The van der Waals surface area contributed by atoms with Gasteiger partial charge in [0.05, 0.1) is 0 Å². The van der Waals surface area contributed by atoms with E-state index in [1.54, 1.807) is 0 Å². The van der Waals surface area contributed by atoms with Gasteiger partial charge in [-0.2, -0.15) is 0 Å². The van der Waals surface area contributed by atoms with Crippen molar-refractivity contribution in [2.24, 2.45) is 0 Å². The minimum Gasteiger partial charge on any atom is -0.381 e. The van der Waals surface area contributed by atoms with E-state index in [-0.39, 0.29) is 0 Å². The summed E-state index contributed by atoms with van der Waals surface area (Å²) in [5, 5.41) is 0. The summed E-state index contributed by atoms with van der Waals surface area (Å²) in [6.45, 7) is 10.6. The van der Waals surface area contributed by atoms with Crippen LogP contribution in [0.5, 0.6) is 0 Å². The lowest BCUT2D eigenvalue weighted by Gasteiger charge is -2.16. The van der Waals surface area contributed by atoms with E-state index >= 15 is 0 Å². The van der Waals surface area contributed by atoms with Gasteiger partial charge >= 0.3 is 0 Å². The summed E-state index contributed by atoms with van der Waals surface area (Å²) in [5.41, 5.74) is 0. The van der Waals surface area contributed by atoms with Gasteiger partial charge in [-0.1, -0.05) is 181 Å². The van der Waals surface area contributed by atoms with Crippen LogP contribution in [-0.4, -0.2) is 51.5 Å². The Bertz CT molecular complexity index is 418. The number of unbranched alkanes of at least 4 members (excludes halogenated alkanes) is 26. The molecule has 0 aromatic rings. The molecule has 0 unspecified atom stereocenters. The van der Waals surface area contributed by atoms with E-state index in [0.717, 1.165) is 52.4 Å². The van der Waals surface area contributed by atoms with E-state index in [1.165, 1.54) is 180 Å². The number of hydrogen-bond donors (Lipinski definition) is 0. The van der Waals surface area contributed by atoms with Crippen LogP contribution in [0.15, 0.2) is 0 Å². The molecule has 0 fully saturated rings.